The van der Waals surface area contributed by atoms with Crippen LogP contribution in [0.25, 0.3) is 0 Å². The second kappa shape index (κ2) is 11.5. The van der Waals surface area contributed by atoms with Gasteiger partial charge in [-0.15, -0.1) is 10.2 Å². The van der Waals surface area contributed by atoms with Crippen LogP contribution in [0.4, 0.5) is 15.2 Å². The third-order valence-corrected chi connectivity index (χ3v) is 9.43. The molecular weight excluding hydrogens is 615 g/mol. The van der Waals surface area contributed by atoms with E-state index >= 15 is 4.39 Å². The molecule has 0 fully saturated rings. The summed E-state index contributed by atoms with van der Waals surface area (Å²) < 4.78 is 16.2. The van der Waals surface area contributed by atoms with E-state index in [1.165, 1.54) is 29.2 Å². The van der Waals surface area contributed by atoms with Crippen molar-refractivity contribution in [1.29, 1.82) is 5.26 Å². The summed E-state index contributed by atoms with van der Waals surface area (Å²) in [6.07, 6.45) is 1.40. The number of Topliss-reactive ketones (excluding diaryl/α,β-unsaturated/α-hetero) is 1. The summed E-state index contributed by atoms with van der Waals surface area (Å²) in [6.45, 7) is 3.99. The number of halogens is 2. The van der Waals surface area contributed by atoms with Crippen LogP contribution in [0.1, 0.15) is 41.9 Å². The maximum Gasteiger partial charge on any atom is 0.234 e. The van der Waals surface area contributed by atoms with Crippen molar-refractivity contribution < 1.29 is 14.0 Å². The van der Waals surface area contributed by atoms with Crippen LogP contribution in [0.2, 0.25) is 0 Å². The van der Waals surface area contributed by atoms with Crippen LogP contribution in [-0.4, -0.2) is 27.6 Å². The second-order valence-electron chi connectivity index (χ2n) is 9.47. The van der Waals surface area contributed by atoms with Gasteiger partial charge in [-0.1, -0.05) is 51.2 Å². The average molecular weight is 640 g/mol. The molecule has 2 aliphatic rings. The Hall–Kier alpha value is -3.53. The van der Waals surface area contributed by atoms with E-state index in [0.29, 0.717) is 44.5 Å². The van der Waals surface area contributed by atoms with Crippen LogP contribution in [0.15, 0.2) is 67.9 Å². The number of carbonyl (C=O) groups excluding carboxylic acids is 2. The van der Waals surface area contributed by atoms with Crippen molar-refractivity contribution in [3.05, 3.63) is 86.0 Å². The SMILES string of the molecule is Cc1ccc(NC(=O)CSc2nnc(N3C(N)=C(C#N)C(c4ccc(Br)cc4F)C4=C3CCCC4=O)s2)cc1C. The Balaban J connectivity index is 1.42. The van der Waals surface area contributed by atoms with Crippen molar-refractivity contribution in [1.82, 2.24) is 10.2 Å². The van der Waals surface area contributed by atoms with Crippen molar-refractivity contribution in [2.75, 3.05) is 16.0 Å². The van der Waals surface area contributed by atoms with E-state index in [4.69, 9.17) is 5.73 Å². The van der Waals surface area contributed by atoms with Gasteiger partial charge >= 0.3 is 0 Å². The Morgan fingerprint density at radius 2 is 2.05 bits per heavy atom. The van der Waals surface area contributed by atoms with Crippen molar-refractivity contribution in [2.24, 2.45) is 5.73 Å². The number of aryl methyl sites for hydroxylation is 2. The van der Waals surface area contributed by atoms with E-state index in [1.807, 2.05) is 32.0 Å². The molecule has 0 saturated heterocycles. The molecular formula is C28H24BrFN6O2S2. The number of nitrogens with one attached hydrogen (secondary N) is 1. The predicted molar refractivity (Wildman–Crippen MR) is 157 cm³/mol. The number of aromatic nitrogens is 2. The highest BCUT2D eigenvalue weighted by Crippen LogP contribution is 2.47. The lowest BCUT2D eigenvalue weighted by Gasteiger charge is -2.38. The molecule has 12 heteroatoms. The molecule has 0 saturated carbocycles. The number of allylic oxidation sites excluding steroid dienone is 3. The van der Waals surface area contributed by atoms with Crippen molar-refractivity contribution in [3.63, 3.8) is 0 Å². The molecule has 1 aromatic heterocycles. The summed E-state index contributed by atoms with van der Waals surface area (Å²) in [5.41, 5.74) is 10.7. The topological polar surface area (TPSA) is 125 Å². The summed E-state index contributed by atoms with van der Waals surface area (Å²) >= 11 is 5.69. The highest BCUT2D eigenvalue weighted by molar-refractivity contribution is 9.10. The Morgan fingerprint density at radius 1 is 1.25 bits per heavy atom. The fourth-order valence-corrected chi connectivity index (χ4v) is 6.86. The molecule has 204 valence electrons. The normalized spacial score (nSPS) is 17.1. The van der Waals surface area contributed by atoms with Crippen LogP contribution in [0.5, 0.6) is 0 Å². The standard InChI is InChI=1S/C28H24BrFN6O2S2/c1-14-6-8-17(10-15(14)2)33-23(38)13-39-28-35-34-27(40-28)36-21-4-3-5-22(37)25(21)24(19(12-31)26(36)32)18-9-7-16(29)11-20(18)30/h6-11,24H,3-5,13,32H2,1-2H3,(H,33,38). The average Bonchev–Trinajstić information content (AvgIpc) is 3.38. The smallest absolute Gasteiger partial charge is 0.234 e. The number of hydrogen-bond donors (Lipinski definition) is 2. The lowest BCUT2D eigenvalue weighted by molar-refractivity contribution is -0.116. The zero-order valence-corrected chi connectivity index (χ0v) is 24.8. The molecule has 1 aliphatic heterocycles. The highest BCUT2D eigenvalue weighted by atomic mass is 79.9. The predicted octanol–water partition coefficient (Wildman–Crippen LogP) is 6.09. The van der Waals surface area contributed by atoms with E-state index in [9.17, 15) is 14.9 Å². The first kappa shape index (κ1) is 28.0. The first-order chi connectivity index (χ1) is 19.2. The fourth-order valence-electron chi connectivity index (χ4n) is 4.85. The zero-order chi connectivity index (χ0) is 28.6. The number of benzene rings is 2. The third-order valence-electron chi connectivity index (χ3n) is 6.89. The molecule has 40 heavy (non-hydrogen) atoms. The minimum Gasteiger partial charge on any atom is -0.384 e. The molecule has 2 aromatic carbocycles. The first-order valence-electron chi connectivity index (χ1n) is 12.4. The summed E-state index contributed by atoms with van der Waals surface area (Å²) in [5, 5.41) is 21.9. The van der Waals surface area contributed by atoms with Crippen molar-refractivity contribution >= 4 is 61.5 Å². The Morgan fingerprint density at radius 3 is 2.77 bits per heavy atom. The van der Waals surface area contributed by atoms with Gasteiger partial charge in [-0.2, -0.15) is 5.26 Å². The van der Waals surface area contributed by atoms with E-state index < -0.39 is 11.7 Å². The van der Waals surface area contributed by atoms with E-state index in [0.717, 1.165) is 16.8 Å². The Kier molecular flexibility index (Phi) is 8.07. The van der Waals surface area contributed by atoms with Gasteiger partial charge in [0, 0.05) is 33.4 Å². The Labute approximate surface area is 247 Å². The van der Waals surface area contributed by atoms with E-state index in [-0.39, 0.29) is 34.4 Å². The van der Waals surface area contributed by atoms with Gasteiger partial charge in [0.1, 0.15) is 11.6 Å². The minimum absolute atomic E-state index is 0.0763. The number of hydrogen-bond acceptors (Lipinski definition) is 9. The van der Waals surface area contributed by atoms with Crippen LogP contribution in [0, 0.1) is 31.0 Å². The zero-order valence-electron chi connectivity index (χ0n) is 21.6. The quantitative estimate of drug-likeness (QED) is 0.311. The van der Waals surface area contributed by atoms with Gasteiger partial charge in [0.2, 0.25) is 11.0 Å². The number of nitrogens with two attached hydrogens (primary N) is 1. The molecule has 0 bridgehead atoms. The monoisotopic (exact) mass is 638 g/mol. The van der Waals surface area contributed by atoms with Crippen molar-refractivity contribution in [2.45, 2.75) is 43.4 Å². The molecule has 0 radical (unpaired) electrons. The number of nitriles is 1. The molecule has 1 amide bonds. The van der Waals surface area contributed by atoms with Gasteiger partial charge in [0.15, 0.2) is 10.1 Å². The lowest BCUT2D eigenvalue weighted by atomic mass is 9.75. The Bertz CT molecular complexity index is 1640. The van der Waals surface area contributed by atoms with Gasteiger partial charge in [0.05, 0.1) is 23.3 Å². The molecule has 3 N–H and O–H groups in total. The van der Waals surface area contributed by atoms with Gasteiger partial charge in [-0.3, -0.25) is 14.5 Å². The second-order valence-corrected chi connectivity index (χ2v) is 12.6. The summed E-state index contributed by atoms with van der Waals surface area (Å²) in [7, 11) is 0. The largest absolute Gasteiger partial charge is 0.384 e. The first-order valence-corrected chi connectivity index (χ1v) is 15.0. The number of thioether (sulfide) groups is 1. The minimum atomic E-state index is -0.909. The van der Waals surface area contributed by atoms with Crippen LogP contribution >= 0.6 is 39.0 Å². The maximum atomic E-state index is 15.1. The molecule has 2 heterocycles. The van der Waals surface area contributed by atoms with Gasteiger partial charge in [-0.25, -0.2) is 4.39 Å². The number of carbonyl (C=O) groups is 2. The third kappa shape index (κ3) is 5.41. The summed E-state index contributed by atoms with van der Waals surface area (Å²) in [6, 6.07) is 12.4. The van der Waals surface area contributed by atoms with Crippen molar-refractivity contribution in [3.8, 4) is 6.07 Å². The van der Waals surface area contributed by atoms with Crippen LogP contribution in [-0.2, 0) is 9.59 Å². The lowest BCUT2D eigenvalue weighted by Crippen LogP contribution is -2.38. The van der Waals surface area contributed by atoms with Gasteiger partial charge < -0.3 is 11.1 Å². The molecule has 3 aromatic rings. The van der Waals surface area contributed by atoms with Gasteiger partial charge in [0.25, 0.3) is 0 Å². The molecule has 8 nitrogen and oxygen atoms in total. The molecule has 1 atom stereocenters. The summed E-state index contributed by atoms with van der Waals surface area (Å²) in [5.74, 6) is -1.57. The molecule has 1 unspecified atom stereocenters. The van der Waals surface area contributed by atoms with Crippen LogP contribution in [0.3, 0.4) is 0 Å². The fraction of sp³-hybridized carbons (Fsp3) is 0.250. The highest BCUT2D eigenvalue weighted by Gasteiger charge is 2.42. The number of ketones is 1. The number of nitrogens with zero attached hydrogens (tertiary/aromatic N) is 4. The van der Waals surface area contributed by atoms with Crippen LogP contribution < -0.4 is 16.0 Å². The van der Waals surface area contributed by atoms with Gasteiger partial charge in [-0.05, 0) is 62.1 Å². The number of anilines is 2. The number of rotatable bonds is 6. The van der Waals surface area contributed by atoms with E-state index in [1.54, 1.807) is 17.0 Å². The number of amides is 1. The molecule has 1 aliphatic carbocycles. The van der Waals surface area contributed by atoms with E-state index in [2.05, 4.69) is 37.5 Å². The molecule has 5 rings (SSSR count). The molecule has 0 spiro atoms. The summed E-state index contributed by atoms with van der Waals surface area (Å²) in [4.78, 5) is 27.4. The maximum absolute atomic E-state index is 15.1.